The lowest BCUT2D eigenvalue weighted by Crippen LogP contribution is -2.08. The normalized spacial score (nSPS) is 15.3. The van der Waals surface area contributed by atoms with E-state index in [0.29, 0.717) is 39.9 Å². The summed E-state index contributed by atoms with van der Waals surface area (Å²) in [7, 11) is -3.36. The number of sulfone groups is 1. The van der Waals surface area contributed by atoms with E-state index in [-0.39, 0.29) is 0 Å². The molecule has 0 unspecified atom stereocenters. The number of benzene rings is 1. The molecule has 0 spiro atoms. The van der Waals surface area contributed by atoms with Gasteiger partial charge in [-0.25, -0.2) is 8.42 Å². The molecule has 0 aliphatic heterocycles. The average molecular weight is 393 g/mol. The van der Waals surface area contributed by atoms with Crippen LogP contribution in [0, 0.1) is 0 Å². The second-order valence-corrected chi connectivity index (χ2v) is 8.73. The quantitative estimate of drug-likeness (QED) is 0.680. The van der Waals surface area contributed by atoms with Gasteiger partial charge in [0.25, 0.3) is 0 Å². The third-order valence-electron chi connectivity index (χ3n) is 4.25. The molecule has 0 radical (unpaired) electrons. The summed E-state index contributed by atoms with van der Waals surface area (Å²) in [6, 6.07) is 4.98. The predicted octanol–water partition coefficient (Wildman–Crippen LogP) is 4.47. The molecule has 2 aromatic rings. The van der Waals surface area contributed by atoms with Crippen molar-refractivity contribution in [3.05, 3.63) is 46.7 Å². The molecule has 26 heavy (non-hydrogen) atoms. The van der Waals surface area contributed by atoms with Crippen LogP contribution in [0.2, 0.25) is 5.02 Å². The van der Waals surface area contributed by atoms with Crippen LogP contribution in [0.25, 0.3) is 0 Å². The molecule has 3 rings (SSSR count). The van der Waals surface area contributed by atoms with Crippen LogP contribution >= 0.6 is 11.6 Å². The first kappa shape index (κ1) is 18.9. The number of unbranched alkanes of at least 4 members (excludes halogenated alkanes) is 1. The fourth-order valence-corrected chi connectivity index (χ4v) is 4.14. The Balaban J connectivity index is 2.06. The molecule has 0 fully saturated rings. The number of nitrogens with zero attached hydrogens (tertiary/aromatic N) is 2. The van der Waals surface area contributed by atoms with E-state index in [1.165, 1.54) is 12.5 Å². The maximum Gasteiger partial charge on any atom is 0.176 e. The van der Waals surface area contributed by atoms with E-state index < -0.39 is 9.84 Å². The molecule has 1 aliphatic carbocycles. The van der Waals surface area contributed by atoms with Crippen LogP contribution in [-0.4, -0.2) is 31.9 Å². The van der Waals surface area contributed by atoms with Gasteiger partial charge in [-0.1, -0.05) is 24.9 Å². The fourth-order valence-electron chi connectivity index (χ4n) is 3.05. The number of aromatic nitrogens is 1. The van der Waals surface area contributed by atoms with Gasteiger partial charge in [0, 0.05) is 41.9 Å². The van der Waals surface area contributed by atoms with Gasteiger partial charge >= 0.3 is 0 Å². The summed E-state index contributed by atoms with van der Waals surface area (Å²) >= 11 is 5.97. The maximum atomic E-state index is 12.3. The third kappa shape index (κ3) is 4.07. The molecule has 0 atom stereocenters. The topological polar surface area (TPSA) is 68.6 Å². The van der Waals surface area contributed by atoms with E-state index in [0.717, 1.165) is 30.5 Å². The summed E-state index contributed by atoms with van der Waals surface area (Å²) < 4.78 is 30.5. The van der Waals surface area contributed by atoms with E-state index in [2.05, 4.69) is 16.9 Å². The number of rotatable bonds is 6. The van der Waals surface area contributed by atoms with Crippen molar-refractivity contribution in [2.45, 2.75) is 37.5 Å². The minimum absolute atomic E-state index is 0.316. The highest BCUT2D eigenvalue weighted by Crippen LogP contribution is 2.38. The lowest BCUT2D eigenvalue weighted by molar-refractivity contribution is 0.474. The standard InChI is InChI=1S/C19H21ClN2O3S/c1-3-4-9-22-16-6-5-15-17(25-14-10-13(20)11-21-12-14)7-8-18(19(15)16)26(2,23)24/h7-8,10-12H,3-6,9H2,1-2H3/b22-16-. The molecule has 0 N–H and O–H groups in total. The van der Waals surface area contributed by atoms with Gasteiger partial charge in [0.2, 0.25) is 0 Å². The zero-order chi connectivity index (χ0) is 18.7. The van der Waals surface area contributed by atoms with Crippen molar-refractivity contribution in [2.24, 2.45) is 4.99 Å². The van der Waals surface area contributed by atoms with Gasteiger partial charge in [0.1, 0.15) is 11.5 Å². The van der Waals surface area contributed by atoms with Crippen molar-refractivity contribution >= 4 is 27.1 Å². The highest BCUT2D eigenvalue weighted by atomic mass is 35.5. The summed E-state index contributed by atoms with van der Waals surface area (Å²) in [5, 5.41) is 0.480. The number of fused-ring (bicyclic) bond motifs is 1. The molecule has 1 aliphatic rings. The van der Waals surface area contributed by atoms with E-state index in [1.54, 1.807) is 24.4 Å². The molecule has 0 saturated carbocycles. The largest absolute Gasteiger partial charge is 0.455 e. The van der Waals surface area contributed by atoms with E-state index in [1.807, 2.05) is 0 Å². The molecular formula is C19H21ClN2O3S. The number of aliphatic imine (C=N–C) groups is 1. The van der Waals surface area contributed by atoms with Crippen LogP contribution in [0.3, 0.4) is 0 Å². The van der Waals surface area contributed by atoms with Crippen LogP contribution < -0.4 is 4.74 Å². The van der Waals surface area contributed by atoms with Gasteiger partial charge in [-0.05, 0) is 31.4 Å². The average Bonchev–Trinajstić information content (AvgIpc) is 2.99. The molecule has 0 amide bonds. The van der Waals surface area contributed by atoms with Crippen LogP contribution in [0.1, 0.15) is 37.3 Å². The van der Waals surface area contributed by atoms with Crippen molar-refractivity contribution in [3.8, 4) is 11.5 Å². The van der Waals surface area contributed by atoms with Crippen molar-refractivity contribution in [1.82, 2.24) is 4.98 Å². The van der Waals surface area contributed by atoms with Crippen LogP contribution in [0.15, 0.2) is 40.5 Å². The molecule has 1 aromatic carbocycles. The second kappa shape index (κ2) is 7.76. The summed E-state index contributed by atoms with van der Waals surface area (Å²) in [6.45, 7) is 2.81. The highest BCUT2D eigenvalue weighted by molar-refractivity contribution is 7.90. The Morgan fingerprint density at radius 3 is 2.77 bits per heavy atom. The van der Waals surface area contributed by atoms with Crippen molar-refractivity contribution < 1.29 is 13.2 Å². The van der Waals surface area contributed by atoms with Gasteiger partial charge in [-0.2, -0.15) is 0 Å². The summed E-state index contributed by atoms with van der Waals surface area (Å²) in [5.41, 5.74) is 2.43. The number of ether oxygens (including phenoxy) is 1. The van der Waals surface area contributed by atoms with Crippen LogP contribution in [0.5, 0.6) is 11.5 Å². The van der Waals surface area contributed by atoms with Crippen LogP contribution in [-0.2, 0) is 16.3 Å². The second-order valence-electron chi connectivity index (χ2n) is 6.31. The molecule has 0 bridgehead atoms. The molecule has 1 heterocycles. The Hall–Kier alpha value is -1.92. The SMILES string of the molecule is CCCC/N=C1/CCc2c(Oc3cncc(Cl)c3)ccc(S(C)(=O)=O)c21. The Morgan fingerprint density at radius 1 is 1.27 bits per heavy atom. The number of hydrogen-bond donors (Lipinski definition) is 0. The van der Waals surface area contributed by atoms with Crippen LogP contribution in [0.4, 0.5) is 0 Å². The van der Waals surface area contributed by atoms with Crippen molar-refractivity contribution in [3.63, 3.8) is 0 Å². The fraction of sp³-hybridized carbons (Fsp3) is 0.368. The zero-order valence-corrected chi connectivity index (χ0v) is 16.4. The number of hydrogen-bond acceptors (Lipinski definition) is 5. The Morgan fingerprint density at radius 2 is 2.08 bits per heavy atom. The molecule has 7 heteroatoms. The lowest BCUT2D eigenvalue weighted by Gasteiger charge is -2.13. The molecule has 138 valence electrons. The van der Waals surface area contributed by atoms with Crippen molar-refractivity contribution in [2.75, 3.05) is 12.8 Å². The number of halogens is 1. The Labute approximate surface area is 159 Å². The first-order valence-electron chi connectivity index (χ1n) is 8.58. The summed E-state index contributed by atoms with van der Waals surface area (Å²) in [6.07, 6.45) is 7.79. The minimum atomic E-state index is -3.36. The summed E-state index contributed by atoms with van der Waals surface area (Å²) in [4.78, 5) is 8.99. The monoisotopic (exact) mass is 392 g/mol. The lowest BCUT2D eigenvalue weighted by atomic mass is 10.1. The van der Waals surface area contributed by atoms with Gasteiger partial charge in [0.05, 0.1) is 16.1 Å². The predicted molar refractivity (Wildman–Crippen MR) is 104 cm³/mol. The zero-order valence-electron chi connectivity index (χ0n) is 14.8. The number of pyridine rings is 1. The van der Waals surface area contributed by atoms with Crippen molar-refractivity contribution in [1.29, 1.82) is 0 Å². The molecular weight excluding hydrogens is 372 g/mol. The molecule has 1 aromatic heterocycles. The Kier molecular flexibility index (Phi) is 5.63. The summed E-state index contributed by atoms with van der Waals surface area (Å²) in [5.74, 6) is 1.14. The van der Waals surface area contributed by atoms with Gasteiger partial charge in [-0.15, -0.1) is 0 Å². The van der Waals surface area contributed by atoms with Gasteiger partial charge in [0.15, 0.2) is 9.84 Å². The minimum Gasteiger partial charge on any atom is -0.455 e. The van der Waals surface area contributed by atoms with E-state index in [4.69, 9.17) is 16.3 Å². The molecule has 5 nitrogen and oxygen atoms in total. The van der Waals surface area contributed by atoms with E-state index in [9.17, 15) is 8.42 Å². The van der Waals surface area contributed by atoms with Gasteiger partial charge in [-0.3, -0.25) is 9.98 Å². The smallest absolute Gasteiger partial charge is 0.176 e. The van der Waals surface area contributed by atoms with Gasteiger partial charge < -0.3 is 4.74 Å². The molecule has 0 saturated heterocycles. The Bertz CT molecular complexity index is 955. The third-order valence-corrected chi connectivity index (χ3v) is 5.60. The maximum absolute atomic E-state index is 12.3. The first-order chi connectivity index (χ1) is 12.4. The van der Waals surface area contributed by atoms with E-state index >= 15 is 0 Å². The highest BCUT2D eigenvalue weighted by Gasteiger charge is 2.28. The first-order valence-corrected chi connectivity index (χ1v) is 10.8.